The molecule has 0 fully saturated rings. The van der Waals surface area contributed by atoms with E-state index in [0.29, 0.717) is 0 Å². The molecule has 22 heavy (non-hydrogen) atoms. The second-order valence-electron chi connectivity index (χ2n) is 5.14. The number of hydrogen-bond donors (Lipinski definition) is 0. The molecule has 0 aliphatic rings. The molecule has 0 amide bonds. The number of rotatable bonds is 7. The van der Waals surface area contributed by atoms with Crippen molar-refractivity contribution in [2.75, 3.05) is 0 Å². The fourth-order valence-corrected chi connectivity index (χ4v) is 2.67. The molecule has 0 saturated carbocycles. The lowest BCUT2D eigenvalue weighted by molar-refractivity contribution is 1.17. The van der Waals surface area contributed by atoms with Crippen LogP contribution >= 0.6 is 0 Å². The molecule has 0 atom stereocenters. The summed E-state index contributed by atoms with van der Waals surface area (Å²) in [5.41, 5.74) is 7.57. The van der Waals surface area contributed by atoms with Gasteiger partial charge < -0.3 is 0 Å². The fourth-order valence-electron chi connectivity index (χ4n) is 2.67. The first-order chi connectivity index (χ1) is 10.6. The first-order valence-electron chi connectivity index (χ1n) is 7.60. The Bertz CT molecular complexity index is 649. The van der Waals surface area contributed by atoms with Crippen molar-refractivity contribution in [3.8, 4) is 0 Å². The number of allylic oxidation sites excluding steroid dienone is 6. The predicted octanol–water partition coefficient (Wildman–Crippen LogP) is 6.46. The Balaban J connectivity index is 3.75. The zero-order valence-electron chi connectivity index (χ0n) is 14.0. The Kier molecular flexibility index (Phi) is 7.12. The molecule has 0 radical (unpaired) electrons. The summed E-state index contributed by atoms with van der Waals surface area (Å²) in [6, 6.07) is 0. The van der Waals surface area contributed by atoms with Crippen LogP contribution in [0.5, 0.6) is 0 Å². The molecule has 1 rings (SSSR count). The summed E-state index contributed by atoms with van der Waals surface area (Å²) in [5, 5.41) is 0. The summed E-state index contributed by atoms with van der Waals surface area (Å²) >= 11 is 0. The molecule has 0 aliphatic heterocycles. The highest BCUT2D eigenvalue weighted by Gasteiger charge is 2.14. The van der Waals surface area contributed by atoms with Crippen LogP contribution < -0.4 is 0 Å². The first kappa shape index (κ1) is 17.7. The van der Waals surface area contributed by atoms with Crippen LogP contribution in [0.2, 0.25) is 0 Å². The Labute approximate surface area is 135 Å². The highest BCUT2D eigenvalue weighted by atomic mass is 14.2. The standard InChI is InChI=1S/C22H26/c1-7-11-14-20-18(6)22(16-13-9-3)21(15-12-8-2)17(5)19(20)10-4/h7-13,15-16H,2-4,14H2,1,5-6H3/b11-7-,15-12-,16-13-. The van der Waals surface area contributed by atoms with E-state index in [0.717, 1.165) is 6.42 Å². The van der Waals surface area contributed by atoms with E-state index in [2.05, 4.69) is 64.8 Å². The molecule has 0 aromatic heterocycles. The van der Waals surface area contributed by atoms with Crippen molar-refractivity contribution < 1.29 is 0 Å². The zero-order chi connectivity index (χ0) is 16.5. The maximum atomic E-state index is 4.01. The Morgan fingerprint density at radius 2 is 1.36 bits per heavy atom. The molecular formula is C22H26. The molecule has 0 heterocycles. The summed E-state index contributed by atoms with van der Waals surface area (Å²) in [6.45, 7) is 17.9. The average Bonchev–Trinajstić information content (AvgIpc) is 2.52. The van der Waals surface area contributed by atoms with E-state index < -0.39 is 0 Å². The van der Waals surface area contributed by atoms with Gasteiger partial charge in [-0.05, 0) is 60.6 Å². The lowest BCUT2D eigenvalue weighted by Gasteiger charge is -2.19. The molecule has 0 saturated heterocycles. The van der Waals surface area contributed by atoms with Crippen LogP contribution in [0.25, 0.3) is 18.2 Å². The first-order valence-corrected chi connectivity index (χ1v) is 7.60. The van der Waals surface area contributed by atoms with Crippen LogP contribution in [0.1, 0.15) is 40.3 Å². The molecule has 0 heteroatoms. The quantitative estimate of drug-likeness (QED) is 0.399. The van der Waals surface area contributed by atoms with E-state index in [1.807, 2.05) is 24.3 Å². The maximum absolute atomic E-state index is 4.01. The van der Waals surface area contributed by atoms with E-state index in [9.17, 15) is 0 Å². The highest BCUT2D eigenvalue weighted by Crippen LogP contribution is 2.31. The summed E-state index contributed by atoms with van der Waals surface area (Å²) in [7, 11) is 0. The van der Waals surface area contributed by atoms with Crippen molar-refractivity contribution in [1.82, 2.24) is 0 Å². The van der Waals surface area contributed by atoms with Crippen LogP contribution in [0.3, 0.4) is 0 Å². The van der Waals surface area contributed by atoms with Gasteiger partial charge >= 0.3 is 0 Å². The van der Waals surface area contributed by atoms with E-state index in [1.165, 1.54) is 33.4 Å². The smallest absolute Gasteiger partial charge is 0.00887 e. The molecule has 1 aromatic rings. The van der Waals surface area contributed by atoms with Crippen LogP contribution in [0.15, 0.2) is 56.2 Å². The normalized spacial score (nSPS) is 11.6. The van der Waals surface area contributed by atoms with Gasteiger partial charge in [-0.2, -0.15) is 0 Å². The van der Waals surface area contributed by atoms with Gasteiger partial charge in [-0.25, -0.2) is 0 Å². The lowest BCUT2D eigenvalue weighted by Crippen LogP contribution is -2.02. The molecule has 0 aliphatic carbocycles. The van der Waals surface area contributed by atoms with Crippen molar-refractivity contribution in [2.24, 2.45) is 0 Å². The summed E-state index contributed by atoms with van der Waals surface area (Å²) in [4.78, 5) is 0. The lowest BCUT2D eigenvalue weighted by atomic mass is 9.85. The SMILES string of the molecule is C=C/C=C\c1c(C)c(C=C)c(C/C=C\C)c(C)c1/C=C\C=C. The van der Waals surface area contributed by atoms with Crippen molar-refractivity contribution in [3.63, 3.8) is 0 Å². The van der Waals surface area contributed by atoms with Crippen molar-refractivity contribution >= 4 is 18.2 Å². The Hall–Kier alpha value is -2.34. The van der Waals surface area contributed by atoms with Gasteiger partial charge in [0, 0.05) is 0 Å². The van der Waals surface area contributed by atoms with Gasteiger partial charge in [0.1, 0.15) is 0 Å². The van der Waals surface area contributed by atoms with Gasteiger partial charge in [0.15, 0.2) is 0 Å². The molecule has 114 valence electrons. The van der Waals surface area contributed by atoms with Gasteiger partial charge in [-0.15, -0.1) is 0 Å². The van der Waals surface area contributed by atoms with Crippen LogP contribution in [0, 0.1) is 13.8 Å². The molecule has 0 spiro atoms. The van der Waals surface area contributed by atoms with Gasteiger partial charge in [0.25, 0.3) is 0 Å². The molecule has 0 N–H and O–H groups in total. The number of benzene rings is 1. The van der Waals surface area contributed by atoms with Gasteiger partial charge in [0.2, 0.25) is 0 Å². The fraction of sp³-hybridized carbons (Fsp3) is 0.182. The second-order valence-corrected chi connectivity index (χ2v) is 5.14. The highest BCUT2D eigenvalue weighted by molar-refractivity contribution is 5.77. The molecular weight excluding hydrogens is 264 g/mol. The Morgan fingerprint density at radius 1 is 0.818 bits per heavy atom. The zero-order valence-corrected chi connectivity index (χ0v) is 14.0. The van der Waals surface area contributed by atoms with E-state index in [1.54, 1.807) is 6.08 Å². The molecule has 0 unspecified atom stereocenters. The van der Waals surface area contributed by atoms with Crippen molar-refractivity contribution in [2.45, 2.75) is 27.2 Å². The van der Waals surface area contributed by atoms with E-state index in [4.69, 9.17) is 0 Å². The van der Waals surface area contributed by atoms with E-state index >= 15 is 0 Å². The summed E-state index contributed by atoms with van der Waals surface area (Å²) in [5.74, 6) is 0. The van der Waals surface area contributed by atoms with Crippen LogP contribution in [-0.4, -0.2) is 0 Å². The van der Waals surface area contributed by atoms with Gasteiger partial charge in [0.05, 0.1) is 0 Å². The minimum absolute atomic E-state index is 0.922. The second kappa shape index (κ2) is 8.84. The third kappa shape index (κ3) is 3.85. The monoisotopic (exact) mass is 290 g/mol. The third-order valence-electron chi connectivity index (χ3n) is 3.84. The third-order valence-corrected chi connectivity index (χ3v) is 3.84. The average molecular weight is 290 g/mol. The largest absolute Gasteiger partial charge is 0.0991 e. The Morgan fingerprint density at radius 3 is 1.82 bits per heavy atom. The molecule has 0 nitrogen and oxygen atoms in total. The summed E-state index contributed by atoms with van der Waals surface area (Å²) in [6.07, 6.45) is 19.0. The summed E-state index contributed by atoms with van der Waals surface area (Å²) < 4.78 is 0. The van der Waals surface area contributed by atoms with Crippen LogP contribution in [-0.2, 0) is 6.42 Å². The van der Waals surface area contributed by atoms with Crippen LogP contribution in [0.4, 0.5) is 0 Å². The van der Waals surface area contributed by atoms with Gasteiger partial charge in [-0.3, -0.25) is 0 Å². The van der Waals surface area contributed by atoms with Gasteiger partial charge in [-0.1, -0.05) is 74.4 Å². The predicted molar refractivity (Wildman–Crippen MR) is 103 cm³/mol. The van der Waals surface area contributed by atoms with E-state index in [-0.39, 0.29) is 0 Å². The molecule has 0 bridgehead atoms. The van der Waals surface area contributed by atoms with Crippen molar-refractivity contribution in [1.29, 1.82) is 0 Å². The molecule has 1 aromatic carbocycles. The minimum atomic E-state index is 0.922. The minimum Gasteiger partial charge on any atom is -0.0991 e. The maximum Gasteiger partial charge on any atom is -0.00887 e. The number of hydrogen-bond acceptors (Lipinski definition) is 0. The topological polar surface area (TPSA) is 0 Å². The van der Waals surface area contributed by atoms with Crippen molar-refractivity contribution in [3.05, 3.63) is 89.6 Å².